The number of hydrogen-bond acceptors (Lipinski definition) is 7. The molecule has 2 aromatic heterocycles. The van der Waals surface area contributed by atoms with Crippen LogP contribution in [0.2, 0.25) is 0 Å². The van der Waals surface area contributed by atoms with E-state index in [1.807, 2.05) is 54.7 Å². The Hall–Kier alpha value is -4.88. The summed E-state index contributed by atoms with van der Waals surface area (Å²) in [6.45, 7) is 4.82. The molecule has 1 saturated heterocycles. The molecule has 1 aliphatic carbocycles. The molecule has 2 N–H and O–H groups in total. The summed E-state index contributed by atoms with van der Waals surface area (Å²) in [7, 11) is 0. The Balaban J connectivity index is 1.16. The van der Waals surface area contributed by atoms with Crippen LogP contribution in [0, 0.1) is 0 Å². The number of nitrogens with two attached hydrogens (primary N) is 1. The van der Waals surface area contributed by atoms with Gasteiger partial charge in [-0.1, -0.05) is 78.9 Å². The van der Waals surface area contributed by atoms with E-state index in [2.05, 4.69) is 62.2 Å². The van der Waals surface area contributed by atoms with Crippen LogP contribution in [-0.4, -0.2) is 51.8 Å². The lowest BCUT2D eigenvalue weighted by Gasteiger charge is -2.35. The van der Waals surface area contributed by atoms with Gasteiger partial charge in [0.15, 0.2) is 5.78 Å². The fourth-order valence-electron chi connectivity index (χ4n) is 5.76. The predicted octanol–water partition coefficient (Wildman–Crippen LogP) is 5.32. The van der Waals surface area contributed by atoms with Crippen molar-refractivity contribution < 1.29 is 4.79 Å². The molecule has 3 heterocycles. The lowest BCUT2D eigenvalue weighted by Crippen LogP contribution is -2.46. The molecule has 3 aromatic carbocycles. The maximum atomic E-state index is 13.6. The first-order valence-corrected chi connectivity index (χ1v) is 13.5. The second-order valence-electron chi connectivity index (χ2n) is 10.2. The number of fused-ring (bicyclic) bond motifs is 3. The minimum Gasteiger partial charge on any atom is -0.368 e. The Morgan fingerprint density at radius 2 is 1.38 bits per heavy atom. The molecular formula is C33H28N6O. The third-order valence-electron chi connectivity index (χ3n) is 7.75. The van der Waals surface area contributed by atoms with Crippen molar-refractivity contribution in [2.75, 3.05) is 36.8 Å². The highest BCUT2D eigenvalue weighted by atomic mass is 16.1. The zero-order valence-corrected chi connectivity index (χ0v) is 22.0. The topological polar surface area (TPSA) is 88.2 Å². The van der Waals surface area contributed by atoms with Crippen molar-refractivity contribution in [1.29, 1.82) is 0 Å². The van der Waals surface area contributed by atoms with Gasteiger partial charge in [0.2, 0.25) is 5.95 Å². The Kier molecular flexibility index (Phi) is 6.06. The molecule has 0 radical (unpaired) electrons. The van der Waals surface area contributed by atoms with Crippen molar-refractivity contribution in [1.82, 2.24) is 19.9 Å². The zero-order valence-electron chi connectivity index (χ0n) is 22.0. The number of carbonyl (C=O) groups excluding carboxylic acids is 1. The van der Waals surface area contributed by atoms with E-state index >= 15 is 0 Å². The molecule has 7 heteroatoms. The first kappa shape index (κ1) is 24.2. The van der Waals surface area contributed by atoms with Crippen LogP contribution >= 0.6 is 0 Å². The SMILES string of the molecule is Nc1nc(-c2ccccc2)c2c(n1)-c1c(cccc1-c1ccc(N3CCN(Cc4ccccc4)CC3)nc1)C2=O. The third-order valence-corrected chi connectivity index (χ3v) is 7.75. The van der Waals surface area contributed by atoms with E-state index in [1.165, 1.54) is 5.56 Å². The van der Waals surface area contributed by atoms with Crippen LogP contribution in [0.25, 0.3) is 33.6 Å². The summed E-state index contributed by atoms with van der Waals surface area (Å²) in [6, 6.07) is 30.2. The number of rotatable bonds is 5. The van der Waals surface area contributed by atoms with Crippen LogP contribution in [0.15, 0.2) is 97.2 Å². The van der Waals surface area contributed by atoms with Crippen molar-refractivity contribution in [3.05, 3.63) is 114 Å². The summed E-state index contributed by atoms with van der Waals surface area (Å²) in [5.74, 6) is 1.03. The van der Waals surface area contributed by atoms with E-state index in [0.29, 0.717) is 22.5 Å². The van der Waals surface area contributed by atoms with Gasteiger partial charge in [-0.05, 0) is 23.3 Å². The van der Waals surface area contributed by atoms with Crippen molar-refractivity contribution >= 4 is 17.5 Å². The fraction of sp³-hybridized carbons (Fsp3) is 0.152. The highest BCUT2D eigenvalue weighted by molar-refractivity contribution is 6.25. The predicted molar refractivity (Wildman–Crippen MR) is 158 cm³/mol. The molecule has 5 aromatic rings. The standard InChI is InChI=1S/C33H28N6O/c34-33-36-30(23-10-5-2-6-11-23)29-31(37-33)28-25(12-7-13-26(28)32(29)40)24-14-15-27(35-20-24)39-18-16-38(17-19-39)21-22-8-3-1-4-9-22/h1-15,20H,16-19,21H2,(H2,34,36,37). The minimum atomic E-state index is -0.0799. The molecule has 0 unspecified atom stereocenters. The summed E-state index contributed by atoms with van der Waals surface area (Å²) >= 11 is 0. The lowest BCUT2D eigenvalue weighted by molar-refractivity contribution is 0.104. The quantitative estimate of drug-likeness (QED) is 0.326. The molecule has 0 spiro atoms. The van der Waals surface area contributed by atoms with Gasteiger partial charge in [0.25, 0.3) is 0 Å². The molecule has 1 aliphatic heterocycles. The smallest absolute Gasteiger partial charge is 0.221 e. The van der Waals surface area contributed by atoms with Crippen LogP contribution in [0.5, 0.6) is 0 Å². The van der Waals surface area contributed by atoms with E-state index in [9.17, 15) is 4.79 Å². The molecule has 0 bridgehead atoms. The molecular weight excluding hydrogens is 496 g/mol. The molecule has 0 atom stereocenters. The van der Waals surface area contributed by atoms with Gasteiger partial charge < -0.3 is 10.6 Å². The van der Waals surface area contributed by atoms with Crippen LogP contribution in [0.3, 0.4) is 0 Å². The average molecular weight is 525 g/mol. The molecule has 0 amide bonds. The number of nitrogen functional groups attached to an aromatic ring is 1. The first-order chi connectivity index (χ1) is 19.7. The minimum absolute atomic E-state index is 0.0799. The number of pyridine rings is 1. The number of anilines is 2. The Morgan fingerprint density at radius 3 is 2.10 bits per heavy atom. The van der Waals surface area contributed by atoms with Crippen molar-refractivity contribution in [3.63, 3.8) is 0 Å². The van der Waals surface area contributed by atoms with Gasteiger partial charge in [-0.25, -0.2) is 15.0 Å². The first-order valence-electron chi connectivity index (χ1n) is 13.5. The highest BCUT2D eigenvalue weighted by Gasteiger charge is 2.34. The molecule has 7 nitrogen and oxygen atoms in total. The van der Waals surface area contributed by atoms with E-state index in [4.69, 9.17) is 10.7 Å². The number of ketones is 1. The number of carbonyl (C=O) groups is 1. The second kappa shape index (κ2) is 10.0. The normalized spacial score (nSPS) is 14.7. The summed E-state index contributed by atoms with van der Waals surface area (Å²) in [5.41, 5.74) is 13.2. The second-order valence-corrected chi connectivity index (χ2v) is 10.2. The summed E-state index contributed by atoms with van der Waals surface area (Å²) < 4.78 is 0. The summed E-state index contributed by atoms with van der Waals surface area (Å²) in [5, 5.41) is 0. The van der Waals surface area contributed by atoms with Gasteiger partial charge in [-0.15, -0.1) is 0 Å². The van der Waals surface area contributed by atoms with Gasteiger partial charge in [0.1, 0.15) is 5.82 Å². The Labute approximate surface area is 233 Å². The average Bonchev–Trinajstić information content (AvgIpc) is 3.30. The highest BCUT2D eigenvalue weighted by Crippen LogP contribution is 2.44. The van der Waals surface area contributed by atoms with Crippen LogP contribution in [0.4, 0.5) is 11.8 Å². The fourth-order valence-corrected chi connectivity index (χ4v) is 5.76. The van der Waals surface area contributed by atoms with Crippen LogP contribution < -0.4 is 10.6 Å². The molecule has 2 aliphatic rings. The molecule has 1 fully saturated rings. The van der Waals surface area contributed by atoms with E-state index in [1.54, 1.807) is 0 Å². The lowest BCUT2D eigenvalue weighted by atomic mass is 9.97. The molecule has 40 heavy (non-hydrogen) atoms. The number of nitrogens with zero attached hydrogens (tertiary/aromatic N) is 5. The number of piperazine rings is 1. The zero-order chi connectivity index (χ0) is 27.1. The van der Waals surface area contributed by atoms with Crippen molar-refractivity contribution in [2.24, 2.45) is 0 Å². The summed E-state index contributed by atoms with van der Waals surface area (Å²) in [4.78, 5) is 32.3. The van der Waals surface area contributed by atoms with Crippen LogP contribution in [-0.2, 0) is 6.54 Å². The largest absolute Gasteiger partial charge is 0.368 e. The van der Waals surface area contributed by atoms with E-state index in [0.717, 1.165) is 60.8 Å². The van der Waals surface area contributed by atoms with Gasteiger partial charge in [-0.3, -0.25) is 9.69 Å². The Morgan fingerprint density at radius 1 is 0.675 bits per heavy atom. The number of benzene rings is 3. The number of hydrogen-bond donors (Lipinski definition) is 1. The molecule has 0 saturated carbocycles. The van der Waals surface area contributed by atoms with Gasteiger partial charge in [0, 0.05) is 61.2 Å². The maximum absolute atomic E-state index is 13.6. The van der Waals surface area contributed by atoms with Gasteiger partial charge in [0.05, 0.1) is 17.0 Å². The third kappa shape index (κ3) is 4.30. The van der Waals surface area contributed by atoms with E-state index < -0.39 is 0 Å². The van der Waals surface area contributed by atoms with E-state index in [-0.39, 0.29) is 11.7 Å². The Bertz CT molecular complexity index is 1700. The van der Waals surface area contributed by atoms with Gasteiger partial charge >= 0.3 is 0 Å². The van der Waals surface area contributed by atoms with Crippen molar-refractivity contribution in [2.45, 2.75) is 6.54 Å². The molecule has 196 valence electrons. The monoisotopic (exact) mass is 524 g/mol. The maximum Gasteiger partial charge on any atom is 0.221 e. The number of aromatic nitrogens is 3. The van der Waals surface area contributed by atoms with Crippen LogP contribution in [0.1, 0.15) is 21.5 Å². The van der Waals surface area contributed by atoms with Crippen molar-refractivity contribution in [3.8, 4) is 33.6 Å². The van der Waals surface area contributed by atoms with Gasteiger partial charge in [-0.2, -0.15) is 0 Å². The molecule has 7 rings (SSSR count). The summed E-state index contributed by atoms with van der Waals surface area (Å²) in [6.07, 6.45) is 1.90.